The average Bonchev–Trinajstić information content (AvgIpc) is 2.71. The first-order chi connectivity index (χ1) is 13.6. The maximum Gasteiger partial charge on any atom is 0.133 e. The number of halogens is 2. The summed E-state index contributed by atoms with van der Waals surface area (Å²) in [6.45, 7) is 1.94. The molecule has 1 aromatic carbocycles. The van der Waals surface area contributed by atoms with Crippen molar-refractivity contribution in [3.8, 4) is 11.3 Å². The summed E-state index contributed by atoms with van der Waals surface area (Å²) in [6, 6.07) is 8.54. The summed E-state index contributed by atoms with van der Waals surface area (Å²) in [5, 5.41) is 4.61. The van der Waals surface area contributed by atoms with Gasteiger partial charge in [0.15, 0.2) is 0 Å². The molecule has 3 aromatic rings. The van der Waals surface area contributed by atoms with Crippen molar-refractivity contribution >= 4 is 22.9 Å². The first-order valence-electron chi connectivity index (χ1n) is 9.24. The molecular formula is C21H20F2N5W-. The van der Waals surface area contributed by atoms with Crippen molar-refractivity contribution in [1.29, 1.82) is 0 Å². The predicted molar refractivity (Wildman–Crippen MR) is 107 cm³/mol. The Bertz CT molecular complexity index is 993. The molecule has 1 aliphatic rings. The molecule has 0 spiro atoms. The third-order valence-electron chi connectivity index (χ3n) is 4.81. The zero-order chi connectivity index (χ0) is 19.5. The number of benzene rings is 1. The number of hydrogen-bond acceptors (Lipinski definition) is 4. The number of aromatic nitrogens is 2. The van der Waals surface area contributed by atoms with Gasteiger partial charge >= 0.3 is 0 Å². The summed E-state index contributed by atoms with van der Waals surface area (Å²) in [6.07, 6.45) is 6.93. The van der Waals surface area contributed by atoms with E-state index in [1.54, 1.807) is 24.5 Å². The Morgan fingerprint density at radius 1 is 1.00 bits per heavy atom. The van der Waals surface area contributed by atoms with Crippen LogP contribution in [0.2, 0.25) is 0 Å². The second-order valence-corrected chi connectivity index (χ2v) is 6.76. The van der Waals surface area contributed by atoms with E-state index in [-0.39, 0.29) is 32.4 Å². The molecule has 0 unspecified atom stereocenters. The summed E-state index contributed by atoms with van der Waals surface area (Å²) >= 11 is 0. The van der Waals surface area contributed by atoms with Crippen LogP contribution in [0, 0.1) is 11.6 Å². The van der Waals surface area contributed by atoms with Crippen LogP contribution >= 0.6 is 0 Å². The number of piperidine rings is 1. The number of pyridine rings is 2. The third-order valence-corrected chi connectivity index (χ3v) is 4.81. The van der Waals surface area contributed by atoms with Crippen molar-refractivity contribution in [3.63, 3.8) is 0 Å². The van der Waals surface area contributed by atoms with Crippen LogP contribution in [0.3, 0.4) is 0 Å². The van der Waals surface area contributed by atoms with Crippen molar-refractivity contribution in [1.82, 2.24) is 9.97 Å². The standard InChI is InChI=1S/C21H20F2N5.W/c22-14-4-5-15(16(23)12-14)18-7-6-17(24)21(26-18)27-19-13-25-9-8-20(19)28-10-2-1-3-11-28;/h4-9,12-13H,1-3,10-11,24H2;/q-1;. The molecule has 0 saturated carbocycles. The molecule has 0 aliphatic carbocycles. The molecule has 2 aromatic heterocycles. The maximum atomic E-state index is 14.1. The molecule has 0 radical (unpaired) electrons. The van der Waals surface area contributed by atoms with Gasteiger partial charge in [-0.05, 0) is 55.0 Å². The second-order valence-electron chi connectivity index (χ2n) is 6.76. The van der Waals surface area contributed by atoms with Gasteiger partial charge in [-0.15, -0.1) is 0 Å². The van der Waals surface area contributed by atoms with Crippen molar-refractivity contribution in [2.24, 2.45) is 0 Å². The Morgan fingerprint density at radius 2 is 1.79 bits per heavy atom. The SMILES string of the molecule is Nc1ccc(-c2ccc(F)cc2F)nc1[N-]c1cnccc1N1CCCCC1.[W]. The molecule has 1 fully saturated rings. The van der Waals surface area contributed by atoms with E-state index in [4.69, 9.17) is 5.73 Å². The molecule has 5 nitrogen and oxygen atoms in total. The minimum absolute atomic E-state index is 0. The Labute approximate surface area is 182 Å². The number of rotatable bonds is 4. The Balaban J connectivity index is 0.00000240. The van der Waals surface area contributed by atoms with Crippen molar-refractivity contribution in [2.45, 2.75) is 19.3 Å². The van der Waals surface area contributed by atoms with E-state index in [0.29, 0.717) is 17.1 Å². The molecule has 150 valence electrons. The second kappa shape index (κ2) is 9.31. The summed E-state index contributed by atoms with van der Waals surface area (Å²) in [5.41, 5.74) is 8.62. The van der Waals surface area contributed by atoms with Crippen LogP contribution in [0.4, 0.5) is 31.7 Å². The maximum absolute atomic E-state index is 14.1. The van der Waals surface area contributed by atoms with E-state index in [9.17, 15) is 8.78 Å². The van der Waals surface area contributed by atoms with Gasteiger partial charge in [0.1, 0.15) is 11.6 Å². The van der Waals surface area contributed by atoms with Crippen molar-refractivity contribution < 1.29 is 29.8 Å². The zero-order valence-electron chi connectivity index (χ0n) is 15.7. The molecule has 0 atom stereocenters. The minimum Gasteiger partial charge on any atom is -0.434 e. The number of nitrogen functional groups attached to an aromatic ring is 1. The van der Waals surface area contributed by atoms with Gasteiger partial charge in [-0.3, -0.25) is 4.98 Å². The van der Waals surface area contributed by atoms with Crippen LogP contribution in [0.5, 0.6) is 0 Å². The first-order valence-corrected chi connectivity index (χ1v) is 9.24. The monoisotopic (exact) mass is 564 g/mol. The molecule has 29 heavy (non-hydrogen) atoms. The third kappa shape index (κ3) is 4.73. The Hall–Kier alpha value is -2.53. The Kier molecular flexibility index (Phi) is 6.80. The summed E-state index contributed by atoms with van der Waals surface area (Å²) in [7, 11) is 0. The number of nitrogens with zero attached hydrogens (tertiary/aromatic N) is 4. The van der Waals surface area contributed by atoms with E-state index in [0.717, 1.165) is 37.7 Å². The number of nitrogens with two attached hydrogens (primary N) is 1. The van der Waals surface area contributed by atoms with E-state index in [1.165, 1.54) is 18.6 Å². The molecule has 2 N–H and O–H groups in total. The van der Waals surface area contributed by atoms with Gasteiger partial charge < -0.3 is 20.9 Å². The van der Waals surface area contributed by atoms with E-state index in [1.807, 2.05) is 6.07 Å². The van der Waals surface area contributed by atoms with E-state index >= 15 is 0 Å². The van der Waals surface area contributed by atoms with Crippen LogP contribution in [0.1, 0.15) is 19.3 Å². The molecular weight excluding hydrogens is 544 g/mol. The normalized spacial score (nSPS) is 13.7. The van der Waals surface area contributed by atoms with Gasteiger partial charge in [-0.1, -0.05) is 6.07 Å². The van der Waals surface area contributed by atoms with Gasteiger partial charge in [0.2, 0.25) is 0 Å². The fourth-order valence-corrected chi connectivity index (χ4v) is 3.38. The molecule has 1 saturated heterocycles. The van der Waals surface area contributed by atoms with Crippen LogP contribution < -0.4 is 10.6 Å². The van der Waals surface area contributed by atoms with Gasteiger partial charge in [-0.2, -0.15) is 0 Å². The van der Waals surface area contributed by atoms with Crippen molar-refractivity contribution in [3.05, 3.63) is 65.7 Å². The first kappa shape index (κ1) is 21.2. The molecule has 0 amide bonds. The number of anilines is 2. The van der Waals surface area contributed by atoms with Crippen molar-refractivity contribution in [2.75, 3.05) is 23.7 Å². The summed E-state index contributed by atoms with van der Waals surface area (Å²) in [4.78, 5) is 10.9. The fourth-order valence-electron chi connectivity index (χ4n) is 3.38. The molecule has 8 heteroatoms. The molecule has 4 rings (SSSR count). The smallest absolute Gasteiger partial charge is 0.133 e. The van der Waals surface area contributed by atoms with Crippen LogP contribution in [0.25, 0.3) is 16.6 Å². The van der Waals surface area contributed by atoms with Gasteiger partial charge in [-0.25, -0.2) is 8.78 Å². The van der Waals surface area contributed by atoms with Gasteiger partial charge in [0.05, 0.1) is 0 Å². The van der Waals surface area contributed by atoms with Gasteiger partial charge in [0, 0.05) is 75.2 Å². The fraction of sp³-hybridized carbons (Fsp3) is 0.238. The number of hydrogen-bond donors (Lipinski definition) is 1. The minimum atomic E-state index is -0.682. The largest absolute Gasteiger partial charge is 0.434 e. The molecule has 3 heterocycles. The van der Waals surface area contributed by atoms with E-state index < -0.39 is 11.6 Å². The summed E-state index contributed by atoms with van der Waals surface area (Å²) in [5.74, 6) is -1.03. The van der Waals surface area contributed by atoms with Crippen LogP contribution in [-0.4, -0.2) is 23.1 Å². The van der Waals surface area contributed by atoms with Gasteiger partial charge in [0.25, 0.3) is 0 Å². The van der Waals surface area contributed by atoms with Crippen LogP contribution in [-0.2, 0) is 21.1 Å². The predicted octanol–water partition coefficient (Wildman–Crippen LogP) is 5.33. The zero-order valence-corrected chi connectivity index (χ0v) is 18.6. The van der Waals surface area contributed by atoms with E-state index in [2.05, 4.69) is 20.2 Å². The topological polar surface area (TPSA) is 69.1 Å². The average molecular weight is 564 g/mol. The quantitative estimate of drug-likeness (QED) is 0.466. The Morgan fingerprint density at radius 3 is 2.55 bits per heavy atom. The van der Waals surface area contributed by atoms with Crippen LogP contribution in [0.15, 0.2) is 48.8 Å². The molecule has 0 bridgehead atoms. The summed E-state index contributed by atoms with van der Waals surface area (Å²) < 4.78 is 27.3. The molecule has 1 aliphatic heterocycles.